The van der Waals surface area contributed by atoms with Gasteiger partial charge < -0.3 is 15.4 Å². The van der Waals surface area contributed by atoms with Gasteiger partial charge in [0.25, 0.3) is 0 Å². The first-order chi connectivity index (χ1) is 7.57. The van der Waals surface area contributed by atoms with Crippen molar-refractivity contribution >= 4 is 15.7 Å². The van der Waals surface area contributed by atoms with Gasteiger partial charge in [-0.25, -0.2) is 8.42 Å². The number of ether oxygens (including phenoxy) is 1. The molecule has 2 rings (SSSR count). The number of morpholine rings is 1. The van der Waals surface area contributed by atoms with Crippen molar-refractivity contribution in [3.05, 3.63) is 0 Å². The lowest BCUT2D eigenvalue weighted by Gasteiger charge is -2.24. The van der Waals surface area contributed by atoms with Crippen LogP contribution in [-0.4, -0.2) is 57.7 Å². The molecule has 6 nitrogen and oxygen atoms in total. The molecule has 0 aromatic heterocycles. The Morgan fingerprint density at radius 2 is 2.25 bits per heavy atom. The molecule has 0 bridgehead atoms. The topological polar surface area (TPSA) is 84.5 Å². The van der Waals surface area contributed by atoms with Crippen LogP contribution in [0.3, 0.4) is 0 Å². The van der Waals surface area contributed by atoms with Crippen molar-refractivity contribution in [2.45, 2.75) is 18.5 Å². The second-order valence-corrected chi connectivity index (χ2v) is 6.42. The van der Waals surface area contributed by atoms with Crippen molar-refractivity contribution in [1.29, 1.82) is 0 Å². The Morgan fingerprint density at radius 1 is 1.44 bits per heavy atom. The summed E-state index contributed by atoms with van der Waals surface area (Å²) in [6.45, 7) is 1.62. The predicted octanol–water partition coefficient (Wildman–Crippen LogP) is -1.72. The fourth-order valence-corrected chi connectivity index (χ4v) is 3.62. The first-order valence-corrected chi connectivity index (χ1v) is 7.21. The largest absolute Gasteiger partial charge is 0.378 e. The van der Waals surface area contributed by atoms with Crippen molar-refractivity contribution < 1.29 is 17.9 Å². The summed E-state index contributed by atoms with van der Waals surface area (Å²) in [5, 5.41) is 5.77. The third-order valence-electron chi connectivity index (χ3n) is 2.82. The smallest absolute Gasteiger partial charge is 0.239 e. The Labute approximate surface area is 94.6 Å². The van der Waals surface area contributed by atoms with Crippen LogP contribution in [0.4, 0.5) is 0 Å². The molecule has 2 aliphatic heterocycles. The van der Waals surface area contributed by atoms with E-state index < -0.39 is 9.84 Å². The van der Waals surface area contributed by atoms with E-state index in [0.29, 0.717) is 26.2 Å². The Morgan fingerprint density at radius 3 is 2.81 bits per heavy atom. The van der Waals surface area contributed by atoms with Crippen LogP contribution in [0.5, 0.6) is 0 Å². The van der Waals surface area contributed by atoms with Crippen molar-refractivity contribution in [2.24, 2.45) is 0 Å². The third-order valence-corrected chi connectivity index (χ3v) is 4.58. The van der Waals surface area contributed by atoms with Gasteiger partial charge in [-0.05, 0) is 6.42 Å². The van der Waals surface area contributed by atoms with Gasteiger partial charge in [0, 0.05) is 12.6 Å². The number of amides is 1. The summed E-state index contributed by atoms with van der Waals surface area (Å²) in [6, 6.07) is -0.585. The molecular weight excluding hydrogens is 232 g/mol. The first kappa shape index (κ1) is 11.8. The molecule has 2 unspecified atom stereocenters. The lowest BCUT2D eigenvalue weighted by molar-refractivity contribution is -0.126. The first-order valence-electron chi connectivity index (χ1n) is 5.39. The maximum atomic E-state index is 11.7. The molecular formula is C9H16N2O4S. The van der Waals surface area contributed by atoms with Gasteiger partial charge in [0.1, 0.15) is 6.04 Å². The van der Waals surface area contributed by atoms with Crippen LogP contribution in [0.25, 0.3) is 0 Å². The average molecular weight is 248 g/mol. The summed E-state index contributed by atoms with van der Waals surface area (Å²) in [5.41, 5.74) is 0. The van der Waals surface area contributed by atoms with Crippen molar-refractivity contribution in [1.82, 2.24) is 10.6 Å². The highest BCUT2D eigenvalue weighted by Gasteiger charge is 2.31. The van der Waals surface area contributed by atoms with E-state index in [1.165, 1.54) is 0 Å². The zero-order valence-corrected chi connectivity index (χ0v) is 9.76. The molecule has 0 aliphatic carbocycles. The van der Waals surface area contributed by atoms with Gasteiger partial charge >= 0.3 is 0 Å². The molecule has 2 aliphatic rings. The molecule has 2 N–H and O–H groups in total. The second-order valence-electron chi connectivity index (χ2n) is 4.19. The van der Waals surface area contributed by atoms with Gasteiger partial charge in [-0.1, -0.05) is 0 Å². The minimum Gasteiger partial charge on any atom is -0.378 e. The van der Waals surface area contributed by atoms with Gasteiger partial charge in [-0.15, -0.1) is 0 Å². The number of hydrogen-bond acceptors (Lipinski definition) is 5. The lowest BCUT2D eigenvalue weighted by Crippen LogP contribution is -2.53. The molecule has 0 saturated carbocycles. The number of rotatable bonds is 2. The molecule has 0 spiro atoms. The molecule has 2 fully saturated rings. The van der Waals surface area contributed by atoms with E-state index in [2.05, 4.69) is 10.6 Å². The van der Waals surface area contributed by atoms with E-state index in [-0.39, 0.29) is 29.5 Å². The molecule has 0 aromatic rings. The Balaban J connectivity index is 1.83. The molecule has 2 atom stereocenters. The monoisotopic (exact) mass is 248 g/mol. The Bertz CT molecular complexity index is 362. The van der Waals surface area contributed by atoms with Gasteiger partial charge in [0.2, 0.25) is 5.91 Å². The quantitative estimate of drug-likeness (QED) is 0.607. The van der Waals surface area contributed by atoms with Crippen LogP contribution in [0, 0.1) is 0 Å². The molecule has 2 heterocycles. The molecule has 92 valence electrons. The second kappa shape index (κ2) is 4.68. The van der Waals surface area contributed by atoms with Gasteiger partial charge in [-0.3, -0.25) is 4.79 Å². The molecule has 1 amide bonds. The molecule has 16 heavy (non-hydrogen) atoms. The van der Waals surface area contributed by atoms with Gasteiger partial charge in [0.05, 0.1) is 24.7 Å². The van der Waals surface area contributed by atoms with Crippen molar-refractivity contribution in [3.63, 3.8) is 0 Å². The van der Waals surface area contributed by atoms with Gasteiger partial charge in [0.15, 0.2) is 9.84 Å². The van der Waals surface area contributed by atoms with Crippen LogP contribution >= 0.6 is 0 Å². The summed E-state index contributed by atoms with van der Waals surface area (Å²) in [5.74, 6) is 0.0700. The summed E-state index contributed by atoms with van der Waals surface area (Å²) in [6.07, 6.45) is 0.516. The predicted molar refractivity (Wildman–Crippen MR) is 57.8 cm³/mol. The van der Waals surface area contributed by atoms with Crippen LogP contribution < -0.4 is 10.6 Å². The Hall–Kier alpha value is -0.660. The van der Waals surface area contributed by atoms with Gasteiger partial charge in [-0.2, -0.15) is 0 Å². The zero-order valence-electron chi connectivity index (χ0n) is 8.94. The number of nitrogens with one attached hydrogen (secondary N) is 2. The average Bonchev–Trinajstić information content (AvgIpc) is 2.59. The lowest BCUT2D eigenvalue weighted by atomic mass is 10.2. The normalized spacial score (nSPS) is 33.5. The molecule has 0 radical (unpaired) electrons. The number of carbonyl (C=O) groups excluding carboxylic acids is 1. The summed E-state index contributed by atoms with van der Waals surface area (Å²) < 4.78 is 27.6. The maximum Gasteiger partial charge on any atom is 0.239 e. The van der Waals surface area contributed by atoms with E-state index in [1.807, 2.05) is 0 Å². The highest BCUT2D eigenvalue weighted by atomic mass is 32.2. The SMILES string of the molecule is O=C(NC1CCS(=O)(=O)C1)C1COCCN1. The van der Waals surface area contributed by atoms with Crippen LogP contribution in [0.15, 0.2) is 0 Å². The summed E-state index contributed by atoms with van der Waals surface area (Å²) in [7, 11) is -2.94. The number of hydrogen-bond donors (Lipinski definition) is 2. The van der Waals surface area contributed by atoms with E-state index in [9.17, 15) is 13.2 Å². The maximum absolute atomic E-state index is 11.7. The molecule has 0 aromatic carbocycles. The fourth-order valence-electron chi connectivity index (χ4n) is 1.94. The number of sulfone groups is 1. The van der Waals surface area contributed by atoms with E-state index >= 15 is 0 Å². The number of carbonyl (C=O) groups is 1. The van der Waals surface area contributed by atoms with Crippen LogP contribution in [0.1, 0.15) is 6.42 Å². The fraction of sp³-hybridized carbons (Fsp3) is 0.889. The van der Waals surface area contributed by atoms with E-state index in [1.54, 1.807) is 0 Å². The Kier molecular flexibility index (Phi) is 3.46. The molecule has 7 heteroatoms. The van der Waals surface area contributed by atoms with Crippen molar-refractivity contribution in [2.75, 3.05) is 31.3 Å². The highest BCUT2D eigenvalue weighted by molar-refractivity contribution is 7.91. The van der Waals surface area contributed by atoms with E-state index in [0.717, 1.165) is 0 Å². The summed E-state index contributed by atoms with van der Waals surface area (Å²) in [4.78, 5) is 11.7. The highest BCUT2D eigenvalue weighted by Crippen LogP contribution is 2.11. The zero-order chi connectivity index (χ0) is 11.6. The van der Waals surface area contributed by atoms with E-state index in [4.69, 9.17) is 4.74 Å². The minimum atomic E-state index is -2.94. The summed E-state index contributed by atoms with van der Waals surface area (Å²) >= 11 is 0. The standard InChI is InChI=1S/C9H16N2O4S/c12-9(8-5-15-3-2-10-8)11-7-1-4-16(13,14)6-7/h7-8,10H,1-6H2,(H,11,12). The third kappa shape index (κ3) is 2.93. The van der Waals surface area contributed by atoms with Crippen molar-refractivity contribution in [3.8, 4) is 0 Å². The molecule has 2 saturated heterocycles. The van der Waals surface area contributed by atoms with Crippen LogP contribution in [-0.2, 0) is 19.4 Å². The minimum absolute atomic E-state index is 0.0618. The van der Waals surface area contributed by atoms with Crippen LogP contribution in [0.2, 0.25) is 0 Å².